The normalized spacial score (nSPS) is 10.6. The lowest BCUT2D eigenvalue weighted by Crippen LogP contribution is -2.04. The van der Waals surface area contributed by atoms with Crippen molar-refractivity contribution in [3.05, 3.63) is 51.3 Å². The van der Waals surface area contributed by atoms with E-state index in [0.29, 0.717) is 12.2 Å². The van der Waals surface area contributed by atoms with E-state index in [1.54, 1.807) is 16.8 Å². The van der Waals surface area contributed by atoms with Gasteiger partial charge in [0.1, 0.15) is 0 Å². The van der Waals surface area contributed by atoms with Gasteiger partial charge in [0.15, 0.2) is 0 Å². The Hall–Kier alpha value is -2.37. The molecule has 0 unspecified atom stereocenters. The van der Waals surface area contributed by atoms with Crippen LogP contribution in [0.4, 0.5) is 11.4 Å². The van der Waals surface area contributed by atoms with Gasteiger partial charge in [-0.3, -0.25) is 14.8 Å². The first-order valence-electron chi connectivity index (χ1n) is 5.52. The molecule has 94 valence electrons. The number of aromatic nitrogens is 2. The van der Waals surface area contributed by atoms with Gasteiger partial charge in [0.2, 0.25) is 0 Å². The van der Waals surface area contributed by atoms with Crippen molar-refractivity contribution in [2.75, 3.05) is 5.73 Å². The molecule has 0 bridgehead atoms. The fourth-order valence-corrected chi connectivity index (χ4v) is 1.81. The summed E-state index contributed by atoms with van der Waals surface area (Å²) in [5.41, 5.74) is 9.07. The molecule has 1 aromatic heterocycles. The number of nitrogen functional groups attached to an aromatic ring is 1. The molecule has 0 atom stereocenters. The summed E-state index contributed by atoms with van der Waals surface area (Å²) in [6.45, 7) is 4.20. The fourth-order valence-electron chi connectivity index (χ4n) is 1.81. The standard InChI is InChI=1S/C12H14N4O2/c1-8-12(13)9(2)15(14-8)7-10-4-3-5-11(6-10)16(17)18/h3-6H,7,13H2,1-2H3. The lowest BCUT2D eigenvalue weighted by atomic mass is 10.2. The smallest absolute Gasteiger partial charge is 0.269 e. The molecule has 0 saturated carbocycles. The summed E-state index contributed by atoms with van der Waals surface area (Å²) in [6.07, 6.45) is 0. The molecule has 0 spiro atoms. The van der Waals surface area contributed by atoms with E-state index in [2.05, 4.69) is 5.10 Å². The highest BCUT2D eigenvalue weighted by molar-refractivity contribution is 5.47. The van der Waals surface area contributed by atoms with Crippen LogP contribution in [0.25, 0.3) is 0 Å². The fraction of sp³-hybridized carbons (Fsp3) is 0.250. The molecule has 0 saturated heterocycles. The van der Waals surface area contributed by atoms with Crippen LogP contribution in [0.1, 0.15) is 17.0 Å². The highest BCUT2D eigenvalue weighted by atomic mass is 16.6. The zero-order chi connectivity index (χ0) is 13.3. The van der Waals surface area contributed by atoms with Crippen molar-refractivity contribution >= 4 is 11.4 Å². The van der Waals surface area contributed by atoms with Crippen molar-refractivity contribution in [3.63, 3.8) is 0 Å². The topological polar surface area (TPSA) is 87.0 Å². The molecule has 6 heteroatoms. The van der Waals surface area contributed by atoms with Gasteiger partial charge in [0.05, 0.1) is 28.5 Å². The SMILES string of the molecule is Cc1nn(Cc2cccc([N+](=O)[O-])c2)c(C)c1N. The van der Waals surface area contributed by atoms with Crippen molar-refractivity contribution < 1.29 is 4.92 Å². The average Bonchev–Trinajstić information content (AvgIpc) is 2.57. The Kier molecular flexibility index (Phi) is 3.01. The van der Waals surface area contributed by atoms with E-state index in [9.17, 15) is 10.1 Å². The van der Waals surface area contributed by atoms with E-state index in [-0.39, 0.29) is 5.69 Å². The molecular formula is C12H14N4O2. The van der Waals surface area contributed by atoms with Gasteiger partial charge in [-0.25, -0.2) is 0 Å². The van der Waals surface area contributed by atoms with Gasteiger partial charge in [0.25, 0.3) is 5.69 Å². The first-order chi connectivity index (χ1) is 8.49. The Bertz CT molecular complexity index is 604. The molecular weight excluding hydrogens is 232 g/mol. The number of nitrogens with zero attached hydrogens (tertiary/aromatic N) is 3. The first kappa shape index (κ1) is 12.1. The van der Waals surface area contributed by atoms with Gasteiger partial charge in [-0.2, -0.15) is 5.10 Å². The number of aryl methyl sites for hydroxylation is 1. The second-order valence-corrected chi connectivity index (χ2v) is 4.17. The van der Waals surface area contributed by atoms with E-state index in [4.69, 9.17) is 5.73 Å². The minimum Gasteiger partial charge on any atom is -0.396 e. The van der Waals surface area contributed by atoms with Crippen LogP contribution in [0.2, 0.25) is 0 Å². The molecule has 2 N–H and O–H groups in total. The first-order valence-corrected chi connectivity index (χ1v) is 5.52. The number of nitro groups is 1. The predicted octanol–water partition coefficient (Wildman–Crippen LogP) is 2.04. The van der Waals surface area contributed by atoms with Crippen molar-refractivity contribution in [1.82, 2.24) is 9.78 Å². The van der Waals surface area contributed by atoms with Crippen molar-refractivity contribution in [3.8, 4) is 0 Å². The van der Waals surface area contributed by atoms with Crippen LogP contribution in [-0.2, 0) is 6.54 Å². The van der Waals surface area contributed by atoms with Crippen LogP contribution in [0.15, 0.2) is 24.3 Å². The summed E-state index contributed by atoms with van der Waals surface area (Å²) in [5, 5.41) is 15.0. The average molecular weight is 246 g/mol. The predicted molar refractivity (Wildman–Crippen MR) is 68.3 cm³/mol. The van der Waals surface area contributed by atoms with Crippen LogP contribution in [0.5, 0.6) is 0 Å². The molecule has 2 aromatic rings. The third-order valence-electron chi connectivity index (χ3n) is 2.89. The maximum atomic E-state index is 10.7. The summed E-state index contributed by atoms with van der Waals surface area (Å²) in [4.78, 5) is 10.3. The lowest BCUT2D eigenvalue weighted by Gasteiger charge is -2.04. The third kappa shape index (κ3) is 2.17. The number of rotatable bonds is 3. The Labute approximate surface area is 104 Å². The van der Waals surface area contributed by atoms with Crippen LogP contribution < -0.4 is 5.73 Å². The largest absolute Gasteiger partial charge is 0.396 e. The quantitative estimate of drug-likeness (QED) is 0.663. The van der Waals surface area contributed by atoms with Crippen LogP contribution in [-0.4, -0.2) is 14.7 Å². The molecule has 6 nitrogen and oxygen atoms in total. The van der Waals surface area contributed by atoms with Crippen LogP contribution in [0, 0.1) is 24.0 Å². The highest BCUT2D eigenvalue weighted by Gasteiger charge is 2.10. The van der Waals surface area contributed by atoms with E-state index in [0.717, 1.165) is 17.0 Å². The number of anilines is 1. The summed E-state index contributed by atoms with van der Waals surface area (Å²) in [5.74, 6) is 0. The van der Waals surface area contributed by atoms with Gasteiger partial charge >= 0.3 is 0 Å². The second kappa shape index (κ2) is 4.48. The van der Waals surface area contributed by atoms with Crippen LogP contribution in [0.3, 0.4) is 0 Å². The van der Waals surface area contributed by atoms with Gasteiger partial charge in [-0.15, -0.1) is 0 Å². The maximum Gasteiger partial charge on any atom is 0.269 e. The molecule has 0 amide bonds. The molecule has 0 aliphatic carbocycles. The number of non-ortho nitro benzene ring substituents is 1. The number of nitrogens with two attached hydrogens (primary N) is 1. The highest BCUT2D eigenvalue weighted by Crippen LogP contribution is 2.18. The molecule has 0 aliphatic heterocycles. The minimum atomic E-state index is -0.404. The van der Waals surface area contributed by atoms with Gasteiger partial charge in [0, 0.05) is 12.1 Å². The van der Waals surface area contributed by atoms with Crippen molar-refractivity contribution in [1.29, 1.82) is 0 Å². The Morgan fingerprint density at radius 2 is 2.17 bits per heavy atom. The molecule has 0 radical (unpaired) electrons. The molecule has 0 aliphatic rings. The summed E-state index contributed by atoms with van der Waals surface area (Å²) in [7, 11) is 0. The van der Waals surface area contributed by atoms with Gasteiger partial charge < -0.3 is 5.73 Å². The maximum absolute atomic E-state index is 10.7. The molecule has 18 heavy (non-hydrogen) atoms. The Morgan fingerprint density at radius 3 is 2.72 bits per heavy atom. The monoisotopic (exact) mass is 246 g/mol. The van der Waals surface area contributed by atoms with Gasteiger partial charge in [-0.05, 0) is 19.4 Å². The number of hydrogen-bond acceptors (Lipinski definition) is 4. The molecule has 1 aromatic carbocycles. The second-order valence-electron chi connectivity index (χ2n) is 4.17. The van der Waals surface area contributed by atoms with Gasteiger partial charge in [-0.1, -0.05) is 12.1 Å². The Balaban J connectivity index is 2.31. The molecule has 0 fully saturated rings. The summed E-state index contributed by atoms with van der Waals surface area (Å²) in [6, 6.07) is 6.52. The van der Waals surface area contributed by atoms with Crippen molar-refractivity contribution in [2.24, 2.45) is 0 Å². The molecule has 1 heterocycles. The lowest BCUT2D eigenvalue weighted by molar-refractivity contribution is -0.384. The number of benzene rings is 1. The summed E-state index contributed by atoms with van der Waals surface area (Å²) >= 11 is 0. The van der Waals surface area contributed by atoms with E-state index in [1.165, 1.54) is 6.07 Å². The Morgan fingerprint density at radius 1 is 1.44 bits per heavy atom. The summed E-state index contributed by atoms with van der Waals surface area (Å²) < 4.78 is 1.75. The van der Waals surface area contributed by atoms with Crippen LogP contribution >= 0.6 is 0 Å². The number of nitro benzene ring substituents is 1. The minimum absolute atomic E-state index is 0.0852. The molecule has 2 rings (SSSR count). The van der Waals surface area contributed by atoms with E-state index in [1.807, 2.05) is 19.9 Å². The third-order valence-corrected chi connectivity index (χ3v) is 2.89. The number of hydrogen-bond donors (Lipinski definition) is 1. The van der Waals surface area contributed by atoms with E-state index >= 15 is 0 Å². The zero-order valence-electron chi connectivity index (χ0n) is 10.3. The zero-order valence-corrected chi connectivity index (χ0v) is 10.3. The van der Waals surface area contributed by atoms with E-state index < -0.39 is 4.92 Å². The van der Waals surface area contributed by atoms with Crippen molar-refractivity contribution in [2.45, 2.75) is 20.4 Å².